The highest BCUT2D eigenvalue weighted by Gasteiger charge is 2.25. The Morgan fingerprint density at radius 3 is 2.83 bits per heavy atom. The number of benzene rings is 1. The molecule has 1 aliphatic rings. The van der Waals surface area contributed by atoms with Crippen LogP contribution < -0.4 is 15.2 Å². The summed E-state index contributed by atoms with van der Waals surface area (Å²) in [5.74, 6) is 0.424. The molecule has 2 aromatic rings. The van der Waals surface area contributed by atoms with Gasteiger partial charge in [-0.25, -0.2) is 4.68 Å². The zero-order valence-electron chi connectivity index (χ0n) is 13.4. The molecule has 1 aliphatic heterocycles. The van der Waals surface area contributed by atoms with Crippen LogP contribution in [0.15, 0.2) is 35.6 Å². The summed E-state index contributed by atoms with van der Waals surface area (Å²) in [5.41, 5.74) is 1.15. The maximum Gasteiger partial charge on any atom is 0.280 e. The molecule has 3 rings (SSSR count). The minimum Gasteiger partial charge on any atom is -0.482 e. The van der Waals surface area contributed by atoms with Crippen molar-refractivity contribution < 1.29 is 9.53 Å². The van der Waals surface area contributed by atoms with Gasteiger partial charge in [0.05, 0.1) is 5.69 Å². The van der Waals surface area contributed by atoms with Crippen molar-refractivity contribution >= 4 is 23.8 Å². The Hall–Kier alpha value is -2.74. The molecule has 0 saturated heterocycles. The molecule has 0 bridgehead atoms. The third-order valence-corrected chi connectivity index (χ3v) is 4.35. The van der Waals surface area contributed by atoms with Gasteiger partial charge in [-0.05, 0) is 30.4 Å². The average Bonchev–Trinajstić information content (AvgIpc) is 2.58. The van der Waals surface area contributed by atoms with Crippen LogP contribution in [-0.4, -0.2) is 33.4 Å². The number of hydrogen-bond donors (Lipinski definition) is 0. The number of rotatable bonds is 3. The van der Waals surface area contributed by atoms with Crippen LogP contribution in [0.5, 0.6) is 5.75 Å². The highest BCUT2D eigenvalue weighted by Crippen LogP contribution is 2.34. The Balaban J connectivity index is 2.19. The maximum atomic E-state index is 12.5. The second-order valence-corrected chi connectivity index (χ2v) is 5.75. The van der Waals surface area contributed by atoms with E-state index in [0.717, 1.165) is 0 Å². The van der Waals surface area contributed by atoms with E-state index in [2.05, 4.69) is 11.7 Å². The highest BCUT2D eigenvalue weighted by atomic mass is 32.1. The van der Waals surface area contributed by atoms with Crippen LogP contribution in [0.3, 0.4) is 0 Å². The van der Waals surface area contributed by atoms with Crippen molar-refractivity contribution in [3.8, 4) is 17.0 Å². The van der Waals surface area contributed by atoms with Gasteiger partial charge in [0.25, 0.3) is 11.5 Å². The Morgan fingerprint density at radius 2 is 2.12 bits per heavy atom. The molecule has 8 heteroatoms. The molecule has 0 aliphatic carbocycles. The number of anilines is 1. The van der Waals surface area contributed by atoms with E-state index in [4.69, 9.17) is 17.0 Å². The molecule has 0 atom stereocenters. The molecule has 2 heterocycles. The Morgan fingerprint density at radius 1 is 1.38 bits per heavy atom. The van der Waals surface area contributed by atoms with Gasteiger partial charge < -0.3 is 9.64 Å². The lowest BCUT2D eigenvalue weighted by Crippen LogP contribution is -2.38. The van der Waals surface area contributed by atoms with Gasteiger partial charge in [0.1, 0.15) is 5.75 Å². The quantitative estimate of drug-likeness (QED) is 0.622. The van der Waals surface area contributed by atoms with Gasteiger partial charge in [0, 0.05) is 26.2 Å². The second-order valence-electron chi connectivity index (χ2n) is 5.38. The zero-order valence-corrected chi connectivity index (χ0v) is 14.2. The van der Waals surface area contributed by atoms with Crippen molar-refractivity contribution in [2.45, 2.75) is 0 Å². The average molecular weight is 344 g/mol. The summed E-state index contributed by atoms with van der Waals surface area (Å²) in [6.45, 7) is 4.02. The molecular weight excluding hydrogens is 328 g/mol. The molecular formula is C16H16N4O3S. The Labute approximate surface area is 143 Å². The minimum atomic E-state index is -0.295. The predicted molar refractivity (Wildman–Crippen MR) is 92.8 cm³/mol. The van der Waals surface area contributed by atoms with Crippen molar-refractivity contribution in [2.75, 3.05) is 18.1 Å². The fourth-order valence-electron chi connectivity index (χ4n) is 2.56. The molecule has 1 aromatic carbocycles. The van der Waals surface area contributed by atoms with Crippen molar-refractivity contribution in [3.63, 3.8) is 0 Å². The van der Waals surface area contributed by atoms with Gasteiger partial charge in [-0.1, -0.05) is 6.08 Å². The first kappa shape index (κ1) is 16.1. The van der Waals surface area contributed by atoms with Gasteiger partial charge in [0.15, 0.2) is 17.1 Å². The Bertz CT molecular complexity index is 961. The van der Waals surface area contributed by atoms with Crippen LogP contribution in [0.25, 0.3) is 11.3 Å². The Kier molecular flexibility index (Phi) is 4.06. The van der Waals surface area contributed by atoms with Crippen LogP contribution >= 0.6 is 12.2 Å². The number of nitrogens with zero attached hydrogens (tertiary/aromatic N) is 4. The lowest BCUT2D eigenvalue weighted by atomic mass is 10.1. The lowest BCUT2D eigenvalue weighted by molar-refractivity contribution is -0.121. The number of fused-ring (bicyclic) bond motifs is 1. The fraction of sp³-hybridized carbons (Fsp3) is 0.250. The maximum absolute atomic E-state index is 12.5. The highest BCUT2D eigenvalue weighted by molar-refractivity contribution is 7.71. The SMILES string of the molecule is C=CCN1C(=O)COc2ccc(-c3nn(C)c(=S)n(C)c3=O)cc21. The topological polar surface area (TPSA) is 69.4 Å². The second kappa shape index (κ2) is 6.04. The van der Waals surface area contributed by atoms with Gasteiger partial charge in [-0.3, -0.25) is 14.2 Å². The number of aryl methyl sites for hydroxylation is 1. The summed E-state index contributed by atoms with van der Waals surface area (Å²) < 4.78 is 8.60. The lowest BCUT2D eigenvalue weighted by Gasteiger charge is -2.28. The molecule has 7 nitrogen and oxygen atoms in total. The van der Waals surface area contributed by atoms with Gasteiger partial charge in [-0.2, -0.15) is 5.10 Å². The number of hydrogen-bond acceptors (Lipinski definition) is 5. The summed E-state index contributed by atoms with van der Waals surface area (Å²) in [5, 5.41) is 4.26. The van der Waals surface area contributed by atoms with Crippen molar-refractivity contribution in [2.24, 2.45) is 14.1 Å². The molecule has 0 fully saturated rings. The summed E-state index contributed by atoms with van der Waals surface area (Å²) in [4.78, 5) is 26.1. The van der Waals surface area contributed by atoms with Crippen LogP contribution in [0.4, 0.5) is 5.69 Å². The summed E-state index contributed by atoms with van der Waals surface area (Å²) in [7, 11) is 3.28. The molecule has 0 saturated carbocycles. The largest absolute Gasteiger partial charge is 0.482 e. The normalized spacial score (nSPS) is 13.4. The minimum absolute atomic E-state index is 0.0141. The summed E-state index contributed by atoms with van der Waals surface area (Å²) >= 11 is 5.14. The molecule has 1 aromatic heterocycles. The number of carbonyl (C=O) groups excluding carboxylic acids is 1. The van der Waals surface area contributed by atoms with Crippen molar-refractivity contribution in [1.29, 1.82) is 0 Å². The fourth-order valence-corrected chi connectivity index (χ4v) is 2.68. The number of carbonyl (C=O) groups is 1. The first-order chi connectivity index (χ1) is 11.4. The van der Waals surface area contributed by atoms with Crippen LogP contribution in [0.1, 0.15) is 0 Å². The van der Waals surface area contributed by atoms with E-state index in [-0.39, 0.29) is 23.8 Å². The molecule has 124 valence electrons. The van der Waals surface area contributed by atoms with Gasteiger partial charge in [-0.15, -0.1) is 6.58 Å². The van der Waals surface area contributed by atoms with Crippen LogP contribution in [-0.2, 0) is 18.9 Å². The van der Waals surface area contributed by atoms with E-state index in [1.54, 1.807) is 43.3 Å². The van der Waals surface area contributed by atoms with Gasteiger partial charge in [0.2, 0.25) is 0 Å². The first-order valence-corrected chi connectivity index (χ1v) is 7.67. The van der Waals surface area contributed by atoms with Crippen LogP contribution in [0.2, 0.25) is 0 Å². The molecule has 0 N–H and O–H groups in total. The number of ether oxygens (including phenoxy) is 1. The molecule has 0 spiro atoms. The summed E-state index contributed by atoms with van der Waals surface area (Å²) in [6, 6.07) is 5.20. The molecule has 0 unspecified atom stereocenters. The van der Waals surface area contributed by atoms with Crippen molar-refractivity contribution in [1.82, 2.24) is 14.3 Å². The van der Waals surface area contributed by atoms with E-state index in [1.807, 2.05) is 0 Å². The van der Waals surface area contributed by atoms with E-state index >= 15 is 0 Å². The van der Waals surface area contributed by atoms with E-state index in [1.165, 1.54) is 9.25 Å². The molecule has 0 radical (unpaired) electrons. The molecule has 1 amide bonds. The monoisotopic (exact) mass is 344 g/mol. The standard InChI is InChI=1S/C16H16N4O3S/c1-4-7-20-11-8-10(5-6-12(11)23-9-13(20)21)14-15(22)18(2)16(24)19(3)17-14/h4-6,8H,1,7,9H2,2-3H3. The molecule has 24 heavy (non-hydrogen) atoms. The predicted octanol–water partition coefficient (Wildman–Crippen LogP) is 1.43. The number of aromatic nitrogens is 3. The van der Waals surface area contributed by atoms with E-state index in [9.17, 15) is 9.59 Å². The zero-order chi connectivity index (χ0) is 17.4. The summed E-state index contributed by atoms with van der Waals surface area (Å²) in [6.07, 6.45) is 1.64. The first-order valence-electron chi connectivity index (χ1n) is 7.27. The van der Waals surface area contributed by atoms with Crippen molar-refractivity contribution in [3.05, 3.63) is 46.0 Å². The number of amides is 1. The van der Waals surface area contributed by atoms with Gasteiger partial charge >= 0.3 is 0 Å². The third-order valence-electron chi connectivity index (χ3n) is 3.81. The van der Waals surface area contributed by atoms with Crippen LogP contribution in [0, 0.1) is 4.77 Å². The van der Waals surface area contributed by atoms with E-state index in [0.29, 0.717) is 28.3 Å². The van der Waals surface area contributed by atoms with E-state index < -0.39 is 0 Å². The smallest absolute Gasteiger partial charge is 0.280 e. The third kappa shape index (κ3) is 2.54.